The molecule has 1 aliphatic carbocycles. The van der Waals surface area contributed by atoms with Gasteiger partial charge in [-0.05, 0) is 36.8 Å². The molecule has 31 heavy (non-hydrogen) atoms. The number of benzene rings is 1. The summed E-state index contributed by atoms with van der Waals surface area (Å²) in [4.78, 5) is 39.3. The van der Waals surface area contributed by atoms with Gasteiger partial charge in [0.2, 0.25) is 0 Å². The third-order valence-electron chi connectivity index (χ3n) is 5.77. The zero-order chi connectivity index (χ0) is 22.1. The van der Waals surface area contributed by atoms with Crippen LogP contribution in [0.15, 0.2) is 18.2 Å². The number of rotatable bonds is 5. The van der Waals surface area contributed by atoms with Crippen LogP contribution >= 0.6 is 11.3 Å². The van der Waals surface area contributed by atoms with Crippen molar-refractivity contribution in [1.82, 2.24) is 0 Å². The molecule has 0 radical (unpaired) electrons. The molecule has 2 aromatic rings. The first kappa shape index (κ1) is 21.3. The quantitative estimate of drug-likeness (QED) is 0.539. The van der Waals surface area contributed by atoms with E-state index in [-0.39, 0.29) is 11.3 Å². The van der Waals surface area contributed by atoms with Crippen LogP contribution in [0.2, 0.25) is 0 Å². The van der Waals surface area contributed by atoms with Crippen molar-refractivity contribution in [2.24, 2.45) is 11.7 Å². The molecule has 0 saturated carbocycles. The van der Waals surface area contributed by atoms with Crippen LogP contribution in [-0.2, 0) is 17.6 Å². The lowest BCUT2D eigenvalue weighted by Gasteiger charge is -2.30. The van der Waals surface area contributed by atoms with Crippen LogP contribution in [0.4, 0.5) is 16.4 Å². The summed E-state index contributed by atoms with van der Waals surface area (Å²) in [5.41, 5.74) is 7.54. The van der Waals surface area contributed by atoms with Crippen LogP contribution < -0.4 is 16.0 Å². The van der Waals surface area contributed by atoms with Gasteiger partial charge in [-0.15, -0.1) is 11.3 Å². The molecular weight excluding hydrogens is 420 g/mol. The second-order valence-electron chi connectivity index (χ2n) is 7.93. The first-order valence-electron chi connectivity index (χ1n) is 10.2. The van der Waals surface area contributed by atoms with Gasteiger partial charge in [0.15, 0.2) is 0 Å². The summed E-state index contributed by atoms with van der Waals surface area (Å²) in [5, 5.41) is 14.5. The minimum absolute atomic E-state index is 0.170. The van der Waals surface area contributed by atoms with E-state index in [0.29, 0.717) is 48.5 Å². The van der Waals surface area contributed by atoms with E-state index in [1.54, 1.807) is 6.07 Å². The molecule has 3 N–H and O–H groups in total. The molecule has 4 rings (SSSR count). The van der Waals surface area contributed by atoms with E-state index in [2.05, 4.69) is 12.2 Å². The fraction of sp³-hybridized carbons (Fsp3) is 0.429. The van der Waals surface area contributed by atoms with Crippen molar-refractivity contribution in [3.05, 3.63) is 49.9 Å². The summed E-state index contributed by atoms with van der Waals surface area (Å²) in [5.74, 6) is -0.575. The summed E-state index contributed by atoms with van der Waals surface area (Å²) in [6, 6.07) is 4.26. The summed E-state index contributed by atoms with van der Waals surface area (Å²) < 4.78 is 5.38. The third-order valence-corrected chi connectivity index (χ3v) is 6.94. The number of carbonyl (C=O) groups excluding carboxylic acids is 2. The molecule has 164 valence electrons. The highest BCUT2D eigenvalue weighted by Crippen LogP contribution is 2.40. The van der Waals surface area contributed by atoms with Crippen molar-refractivity contribution in [2.75, 3.05) is 36.5 Å². The molecule has 1 aromatic carbocycles. The van der Waals surface area contributed by atoms with E-state index in [1.165, 1.54) is 23.5 Å². The molecule has 0 spiro atoms. The van der Waals surface area contributed by atoms with E-state index in [9.17, 15) is 19.7 Å². The molecule has 10 heteroatoms. The van der Waals surface area contributed by atoms with Crippen molar-refractivity contribution in [1.29, 1.82) is 0 Å². The predicted molar refractivity (Wildman–Crippen MR) is 118 cm³/mol. The van der Waals surface area contributed by atoms with Crippen molar-refractivity contribution < 1.29 is 19.2 Å². The zero-order valence-corrected chi connectivity index (χ0v) is 18.0. The lowest BCUT2D eigenvalue weighted by molar-refractivity contribution is -0.384. The second-order valence-corrected chi connectivity index (χ2v) is 9.04. The maximum Gasteiger partial charge on any atom is 0.270 e. The highest BCUT2D eigenvalue weighted by atomic mass is 32.1. The number of nitrogens with one attached hydrogen (secondary N) is 1. The molecule has 2 amide bonds. The molecule has 2 heterocycles. The zero-order valence-electron chi connectivity index (χ0n) is 17.2. The normalized spacial score (nSPS) is 18.4. The molecule has 1 saturated heterocycles. The molecule has 1 aliphatic heterocycles. The third kappa shape index (κ3) is 4.26. The number of nitrogens with zero attached hydrogens (tertiary/aromatic N) is 2. The number of non-ortho nitro benzene ring substituents is 1. The van der Waals surface area contributed by atoms with Gasteiger partial charge in [-0.2, -0.15) is 0 Å². The summed E-state index contributed by atoms with van der Waals surface area (Å²) in [6.07, 6.45) is 2.55. The Morgan fingerprint density at radius 3 is 2.74 bits per heavy atom. The first-order valence-corrected chi connectivity index (χ1v) is 11.0. The Hall–Kier alpha value is -2.98. The van der Waals surface area contributed by atoms with Crippen molar-refractivity contribution >= 4 is 39.5 Å². The summed E-state index contributed by atoms with van der Waals surface area (Å²) in [7, 11) is 0. The SMILES string of the molecule is C[C@H]1CCc2c(sc(NC(=O)c3cc([N+](=O)[O-])ccc3N3CCOCC3)c2C(N)=O)C1. The smallest absolute Gasteiger partial charge is 0.270 e. The van der Waals surface area contributed by atoms with E-state index >= 15 is 0 Å². The lowest BCUT2D eigenvalue weighted by atomic mass is 9.88. The van der Waals surface area contributed by atoms with E-state index in [0.717, 1.165) is 29.7 Å². The highest BCUT2D eigenvalue weighted by Gasteiger charge is 2.29. The molecular formula is C21H24N4O5S. The van der Waals surface area contributed by atoms with Gasteiger partial charge in [-0.1, -0.05) is 6.92 Å². The number of carbonyl (C=O) groups is 2. The Kier molecular flexibility index (Phi) is 5.92. The van der Waals surface area contributed by atoms with E-state index < -0.39 is 16.7 Å². The van der Waals surface area contributed by atoms with Crippen molar-refractivity contribution in [3.63, 3.8) is 0 Å². The van der Waals surface area contributed by atoms with Crippen molar-refractivity contribution in [2.45, 2.75) is 26.2 Å². The summed E-state index contributed by atoms with van der Waals surface area (Å²) in [6.45, 7) is 4.34. The number of hydrogen-bond acceptors (Lipinski definition) is 7. The monoisotopic (exact) mass is 444 g/mol. The average molecular weight is 445 g/mol. The number of nitro benzene ring substituents is 1. The second kappa shape index (κ2) is 8.64. The predicted octanol–water partition coefficient (Wildman–Crippen LogP) is 2.97. The van der Waals surface area contributed by atoms with Gasteiger partial charge in [-0.25, -0.2) is 0 Å². The van der Waals surface area contributed by atoms with Crippen molar-refractivity contribution in [3.8, 4) is 0 Å². The van der Waals surface area contributed by atoms with Gasteiger partial charge < -0.3 is 20.7 Å². The molecule has 1 fully saturated rings. The molecule has 1 aromatic heterocycles. The summed E-state index contributed by atoms with van der Waals surface area (Å²) >= 11 is 1.37. The maximum absolute atomic E-state index is 13.3. The number of anilines is 2. The fourth-order valence-corrected chi connectivity index (χ4v) is 5.58. The Morgan fingerprint density at radius 1 is 1.32 bits per heavy atom. The number of amides is 2. The van der Waals surface area contributed by atoms with Crippen LogP contribution in [0.5, 0.6) is 0 Å². The van der Waals surface area contributed by atoms with Crippen LogP contribution in [0.25, 0.3) is 0 Å². The van der Waals surface area contributed by atoms with E-state index in [1.807, 2.05) is 4.90 Å². The van der Waals surface area contributed by atoms with E-state index in [4.69, 9.17) is 10.5 Å². The largest absolute Gasteiger partial charge is 0.378 e. The minimum atomic E-state index is -0.574. The first-order chi connectivity index (χ1) is 14.8. The van der Waals surface area contributed by atoms with Crippen LogP contribution in [0.1, 0.15) is 44.5 Å². The van der Waals surface area contributed by atoms with Gasteiger partial charge >= 0.3 is 0 Å². The fourth-order valence-electron chi connectivity index (χ4n) is 4.17. The number of morpholine rings is 1. The Morgan fingerprint density at radius 2 is 2.06 bits per heavy atom. The van der Waals surface area contributed by atoms with Gasteiger partial charge in [0, 0.05) is 30.1 Å². The number of ether oxygens (including phenoxy) is 1. The average Bonchev–Trinajstić information content (AvgIpc) is 3.10. The highest BCUT2D eigenvalue weighted by molar-refractivity contribution is 7.17. The van der Waals surface area contributed by atoms with Crippen LogP contribution in [0.3, 0.4) is 0 Å². The number of fused-ring (bicyclic) bond motifs is 1. The van der Waals surface area contributed by atoms with Gasteiger partial charge in [-0.3, -0.25) is 19.7 Å². The van der Waals surface area contributed by atoms with Gasteiger partial charge in [0.25, 0.3) is 17.5 Å². The van der Waals surface area contributed by atoms with Crippen LogP contribution in [0, 0.1) is 16.0 Å². The molecule has 0 unspecified atom stereocenters. The standard InChI is InChI=1S/C21H24N4O5S/c1-12-2-4-14-17(10-12)31-21(18(14)19(22)26)23-20(27)15-11-13(25(28)29)3-5-16(15)24-6-8-30-9-7-24/h3,5,11-12H,2,4,6-10H2,1H3,(H2,22,26)(H,23,27)/t12-/m0/s1. The molecule has 2 aliphatic rings. The molecule has 9 nitrogen and oxygen atoms in total. The van der Waals surface area contributed by atoms with Crippen LogP contribution in [-0.4, -0.2) is 43.0 Å². The topological polar surface area (TPSA) is 128 Å². The van der Waals surface area contributed by atoms with Gasteiger partial charge in [0.05, 0.1) is 35.0 Å². The molecule has 1 atom stereocenters. The lowest BCUT2D eigenvalue weighted by Crippen LogP contribution is -2.37. The number of thiophene rings is 1. The Bertz CT molecular complexity index is 1040. The number of hydrogen-bond donors (Lipinski definition) is 2. The number of primary amides is 1. The Balaban J connectivity index is 1.71. The Labute approximate surface area is 183 Å². The number of nitro groups is 1. The maximum atomic E-state index is 13.3. The minimum Gasteiger partial charge on any atom is -0.378 e. The number of nitrogens with two attached hydrogens (primary N) is 1. The molecule has 0 bridgehead atoms. The van der Waals surface area contributed by atoms with Gasteiger partial charge in [0.1, 0.15) is 5.00 Å².